The molecule has 190 valence electrons. The third kappa shape index (κ3) is 5.65. The molecule has 2 heterocycles. The monoisotopic (exact) mass is 497 g/mol. The number of rotatable bonds is 7. The van der Waals surface area contributed by atoms with E-state index < -0.39 is 0 Å². The minimum Gasteiger partial charge on any atom is -0.504 e. The Kier molecular flexibility index (Phi) is 7.18. The largest absolute Gasteiger partial charge is 0.504 e. The van der Waals surface area contributed by atoms with Gasteiger partial charge in [-0.25, -0.2) is 9.97 Å². The molecule has 0 atom stereocenters. The van der Waals surface area contributed by atoms with Crippen molar-refractivity contribution in [1.29, 1.82) is 0 Å². The number of amides is 1. The number of aromatic nitrogens is 2. The van der Waals surface area contributed by atoms with Crippen LogP contribution in [0.3, 0.4) is 0 Å². The molecule has 1 aliphatic heterocycles. The highest BCUT2D eigenvalue weighted by molar-refractivity contribution is 6.06. The molecule has 3 aromatic carbocycles. The molecule has 37 heavy (non-hydrogen) atoms. The van der Waals surface area contributed by atoms with Crippen LogP contribution in [-0.2, 0) is 0 Å². The maximum atomic E-state index is 12.9. The molecule has 5 rings (SSSR count). The molecule has 1 fully saturated rings. The van der Waals surface area contributed by atoms with Gasteiger partial charge in [0.05, 0.1) is 11.2 Å². The number of hydrogen-bond donors (Lipinski definition) is 4. The maximum Gasteiger partial charge on any atom is 0.255 e. The van der Waals surface area contributed by atoms with E-state index in [1.54, 1.807) is 12.1 Å². The zero-order valence-electron chi connectivity index (χ0n) is 20.9. The number of para-hydroxylation sites is 1. The maximum absolute atomic E-state index is 12.9. The molecule has 0 radical (unpaired) electrons. The fourth-order valence-corrected chi connectivity index (χ4v) is 4.70. The molecule has 1 aromatic heterocycles. The molecular weight excluding hydrogens is 466 g/mol. The van der Waals surface area contributed by atoms with Gasteiger partial charge in [0.1, 0.15) is 0 Å². The van der Waals surface area contributed by atoms with Crippen molar-refractivity contribution in [2.24, 2.45) is 0 Å². The summed E-state index contributed by atoms with van der Waals surface area (Å²) in [5, 5.41) is 26.6. The number of nitrogens with zero attached hydrogens (tertiary/aromatic N) is 3. The van der Waals surface area contributed by atoms with Gasteiger partial charge in [0, 0.05) is 30.2 Å². The number of likely N-dealkylation sites (tertiary alicyclic amines) is 1. The van der Waals surface area contributed by atoms with Crippen LogP contribution in [0.15, 0.2) is 60.8 Å². The quantitative estimate of drug-likeness (QED) is 0.261. The Labute approximate surface area is 216 Å². The lowest BCUT2D eigenvalue weighted by atomic mass is 9.97. The lowest BCUT2D eigenvalue weighted by Crippen LogP contribution is -2.33. The SMILES string of the molecule is Cc1ccc(C(=O)Nc2cccc(O)c2O)cc1-c1ccc2nc(NCCN3CCCCC3)ncc2c1. The van der Waals surface area contributed by atoms with Crippen LogP contribution in [0.2, 0.25) is 0 Å². The summed E-state index contributed by atoms with van der Waals surface area (Å²) in [6, 6.07) is 15.9. The molecule has 0 spiro atoms. The van der Waals surface area contributed by atoms with Gasteiger partial charge in [-0.3, -0.25) is 4.79 Å². The van der Waals surface area contributed by atoms with E-state index in [0.717, 1.165) is 40.7 Å². The Balaban J connectivity index is 1.31. The van der Waals surface area contributed by atoms with Crippen molar-refractivity contribution in [3.63, 3.8) is 0 Å². The van der Waals surface area contributed by atoms with Crippen LogP contribution in [0.5, 0.6) is 11.5 Å². The van der Waals surface area contributed by atoms with Gasteiger partial charge in [-0.05, 0) is 85.9 Å². The van der Waals surface area contributed by atoms with Crippen molar-refractivity contribution in [3.05, 3.63) is 71.9 Å². The number of aromatic hydroxyl groups is 2. The Morgan fingerprint density at radius 3 is 2.70 bits per heavy atom. The first-order valence-electron chi connectivity index (χ1n) is 12.6. The third-order valence-corrected chi connectivity index (χ3v) is 6.81. The second kappa shape index (κ2) is 10.8. The first-order valence-corrected chi connectivity index (χ1v) is 12.6. The first-order chi connectivity index (χ1) is 18.0. The number of piperidine rings is 1. The van der Waals surface area contributed by atoms with Crippen molar-refractivity contribution >= 4 is 28.4 Å². The summed E-state index contributed by atoms with van der Waals surface area (Å²) < 4.78 is 0. The number of fused-ring (bicyclic) bond motifs is 1. The van der Waals surface area contributed by atoms with Crippen molar-refractivity contribution in [2.75, 3.05) is 36.8 Å². The summed E-state index contributed by atoms with van der Waals surface area (Å²) in [5.41, 5.74) is 4.33. The number of anilines is 2. The number of phenols is 2. The minimum absolute atomic E-state index is 0.148. The van der Waals surface area contributed by atoms with Gasteiger partial charge in [0.25, 0.3) is 5.91 Å². The molecular formula is C29H31N5O3. The number of carbonyl (C=O) groups excluding carboxylic acids is 1. The van der Waals surface area contributed by atoms with Crippen molar-refractivity contribution in [2.45, 2.75) is 26.2 Å². The normalized spacial score (nSPS) is 14.0. The van der Waals surface area contributed by atoms with Crippen molar-refractivity contribution < 1.29 is 15.0 Å². The Bertz CT molecular complexity index is 1430. The topological polar surface area (TPSA) is 111 Å². The minimum atomic E-state index is -0.383. The van der Waals surface area contributed by atoms with E-state index in [1.807, 2.05) is 43.5 Å². The molecule has 1 amide bonds. The number of benzene rings is 3. The second-order valence-electron chi connectivity index (χ2n) is 9.45. The fraction of sp³-hybridized carbons (Fsp3) is 0.276. The molecule has 4 N–H and O–H groups in total. The van der Waals surface area contributed by atoms with E-state index in [1.165, 1.54) is 44.5 Å². The molecule has 1 aliphatic rings. The molecule has 0 saturated carbocycles. The van der Waals surface area contributed by atoms with E-state index in [2.05, 4.69) is 25.5 Å². The zero-order valence-corrected chi connectivity index (χ0v) is 20.9. The van der Waals surface area contributed by atoms with E-state index in [9.17, 15) is 15.0 Å². The zero-order chi connectivity index (χ0) is 25.8. The summed E-state index contributed by atoms with van der Waals surface area (Å²) in [6.07, 6.45) is 5.72. The van der Waals surface area contributed by atoms with E-state index >= 15 is 0 Å². The Morgan fingerprint density at radius 1 is 1.03 bits per heavy atom. The highest BCUT2D eigenvalue weighted by atomic mass is 16.3. The number of hydrogen-bond acceptors (Lipinski definition) is 7. The van der Waals surface area contributed by atoms with Gasteiger partial charge >= 0.3 is 0 Å². The molecule has 0 bridgehead atoms. The lowest BCUT2D eigenvalue weighted by molar-refractivity contribution is 0.102. The van der Waals surface area contributed by atoms with E-state index in [0.29, 0.717) is 11.5 Å². The second-order valence-corrected chi connectivity index (χ2v) is 9.45. The molecule has 8 nitrogen and oxygen atoms in total. The molecule has 1 saturated heterocycles. The summed E-state index contributed by atoms with van der Waals surface area (Å²) in [6.45, 7) is 6.15. The highest BCUT2D eigenvalue weighted by Crippen LogP contribution is 2.33. The van der Waals surface area contributed by atoms with Crippen LogP contribution < -0.4 is 10.6 Å². The number of carbonyl (C=O) groups is 1. The Morgan fingerprint density at radius 2 is 1.86 bits per heavy atom. The molecule has 0 unspecified atom stereocenters. The predicted molar refractivity (Wildman–Crippen MR) is 146 cm³/mol. The number of phenolic OH excluding ortho intramolecular Hbond substituents is 2. The molecule has 0 aliphatic carbocycles. The van der Waals surface area contributed by atoms with Crippen LogP contribution in [0.1, 0.15) is 35.2 Å². The smallest absolute Gasteiger partial charge is 0.255 e. The average molecular weight is 498 g/mol. The van der Waals surface area contributed by atoms with E-state index in [4.69, 9.17) is 0 Å². The highest BCUT2D eigenvalue weighted by Gasteiger charge is 2.14. The lowest BCUT2D eigenvalue weighted by Gasteiger charge is -2.26. The van der Waals surface area contributed by atoms with Crippen LogP contribution >= 0.6 is 0 Å². The van der Waals surface area contributed by atoms with Crippen LogP contribution in [0, 0.1) is 6.92 Å². The standard InChI is InChI=1S/C29H31N5O3/c1-19-8-9-21(28(37)32-25-6-5-7-26(35)27(25)36)17-23(19)20-10-11-24-22(16-20)18-31-29(33-24)30-12-15-34-13-3-2-4-14-34/h5-11,16-18,35-36H,2-4,12-15H2,1H3,(H,32,37)(H,30,31,33). The molecule has 4 aromatic rings. The van der Waals surface area contributed by atoms with E-state index in [-0.39, 0.29) is 23.1 Å². The van der Waals surface area contributed by atoms with Gasteiger partial charge in [-0.2, -0.15) is 0 Å². The number of nitrogens with one attached hydrogen (secondary N) is 2. The van der Waals surface area contributed by atoms with Crippen molar-refractivity contribution in [3.8, 4) is 22.6 Å². The first kappa shape index (κ1) is 24.5. The van der Waals surface area contributed by atoms with Gasteiger partial charge in [-0.15, -0.1) is 0 Å². The predicted octanol–water partition coefficient (Wildman–Crippen LogP) is 5.17. The van der Waals surface area contributed by atoms with Crippen LogP contribution in [0.4, 0.5) is 11.6 Å². The molecule has 8 heteroatoms. The van der Waals surface area contributed by atoms with Gasteiger partial charge in [-0.1, -0.05) is 24.6 Å². The third-order valence-electron chi connectivity index (χ3n) is 6.81. The van der Waals surface area contributed by atoms with Crippen molar-refractivity contribution in [1.82, 2.24) is 14.9 Å². The summed E-state index contributed by atoms with van der Waals surface area (Å²) >= 11 is 0. The van der Waals surface area contributed by atoms with Gasteiger partial charge in [0.15, 0.2) is 11.5 Å². The summed E-state index contributed by atoms with van der Waals surface area (Å²) in [5.74, 6) is -0.409. The van der Waals surface area contributed by atoms with Crippen LogP contribution in [0.25, 0.3) is 22.0 Å². The average Bonchev–Trinajstić information content (AvgIpc) is 2.92. The summed E-state index contributed by atoms with van der Waals surface area (Å²) in [4.78, 5) is 24.5. The summed E-state index contributed by atoms with van der Waals surface area (Å²) in [7, 11) is 0. The fourth-order valence-electron chi connectivity index (χ4n) is 4.70. The van der Waals surface area contributed by atoms with Gasteiger partial charge < -0.3 is 25.7 Å². The van der Waals surface area contributed by atoms with Gasteiger partial charge in [0.2, 0.25) is 5.95 Å². The number of aryl methyl sites for hydroxylation is 1. The van der Waals surface area contributed by atoms with Crippen LogP contribution in [-0.4, -0.2) is 57.2 Å². The Hall–Kier alpha value is -4.17.